The van der Waals surface area contributed by atoms with E-state index < -0.39 is 7.12 Å². The molecule has 3 rings (SSSR count). The van der Waals surface area contributed by atoms with E-state index in [1.54, 1.807) is 19.1 Å². The fourth-order valence-electron chi connectivity index (χ4n) is 2.45. The summed E-state index contributed by atoms with van der Waals surface area (Å²) in [6.07, 6.45) is 0. The Labute approximate surface area is 133 Å². The van der Waals surface area contributed by atoms with Crippen LogP contribution in [0.4, 0.5) is 0 Å². The van der Waals surface area contributed by atoms with Crippen LogP contribution in [0.25, 0.3) is 0 Å². The first-order chi connectivity index (χ1) is 10.5. The van der Waals surface area contributed by atoms with Crippen LogP contribution >= 0.6 is 11.6 Å². The lowest BCUT2D eigenvalue weighted by Crippen LogP contribution is -2.30. The van der Waals surface area contributed by atoms with Gasteiger partial charge in [-0.25, -0.2) is 4.98 Å². The number of pyridine rings is 1. The molecule has 0 fully saturated rings. The minimum absolute atomic E-state index is 0.211. The van der Waals surface area contributed by atoms with Gasteiger partial charge in [-0.05, 0) is 48.6 Å². The number of nitrogens with zero attached hydrogens (tertiary/aromatic N) is 2. The lowest BCUT2D eigenvalue weighted by Gasteiger charge is -2.11. The third kappa shape index (κ3) is 2.55. The van der Waals surface area contributed by atoms with Crippen LogP contribution in [0.2, 0.25) is 5.02 Å². The third-order valence-electron chi connectivity index (χ3n) is 3.54. The van der Waals surface area contributed by atoms with Gasteiger partial charge >= 0.3 is 7.12 Å². The van der Waals surface area contributed by atoms with E-state index in [0.717, 1.165) is 16.6 Å². The molecule has 110 valence electrons. The summed E-state index contributed by atoms with van der Waals surface area (Å²) in [4.78, 5) is 4.22. The van der Waals surface area contributed by atoms with Crippen molar-refractivity contribution in [3.63, 3.8) is 0 Å². The van der Waals surface area contributed by atoms with Gasteiger partial charge in [0.15, 0.2) is 0 Å². The summed E-state index contributed by atoms with van der Waals surface area (Å²) in [7, 11) is -0.894. The minimum Gasteiger partial charge on any atom is -0.438 e. The highest BCUT2D eigenvalue weighted by atomic mass is 35.5. The van der Waals surface area contributed by atoms with Crippen LogP contribution in [0.5, 0.6) is 11.6 Å². The smallest absolute Gasteiger partial charge is 0.438 e. The van der Waals surface area contributed by atoms with Crippen molar-refractivity contribution in [1.29, 1.82) is 5.26 Å². The molecular formula is C15H12BClN2O3. The number of hydrogen-bond acceptors (Lipinski definition) is 5. The second kappa shape index (κ2) is 5.62. The van der Waals surface area contributed by atoms with Gasteiger partial charge in [0.1, 0.15) is 17.4 Å². The summed E-state index contributed by atoms with van der Waals surface area (Å²) < 4.78 is 11.0. The summed E-state index contributed by atoms with van der Waals surface area (Å²) in [6, 6.07) is 7.12. The molecule has 5 nitrogen and oxygen atoms in total. The van der Waals surface area contributed by atoms with Crippen LogP contribution in [-0.4, -0.2) is 17.1 Å². The Morgan fingerprint density at radius 2 is 2.18 bits per heavy atom. The van der Waals surface area contributed by atoms with E-state index in [-0.39, 0.29) is 11.4 Å². The maximum atomic E-state index is 9.76. The minimum atomic E-state index is -0.894. The Morgan fingerprint density at radius 1 is 1.41 bits per heavy atom. The number of nitriles is 1. The van der Waals surface area contributed by atoms with Gasteiger partial charge in [0, 0.05) is 0 Å². The Kier molecular flexibility index (Phi) is 3.79. The standard InChI is InChI=1S/C15H12BClN2O3/c1-8-3-12(4-11-7-21-16(20)14(8)11)22-15-10(6-18)5-13(17)9(2)19-15/h3-5,20H,7H2,1-2H3. The highest BCUT2D eigenvalue weighted by molar-refractivity contribution is 6.62. The molecule has 1 aliphatic rings. The fourth-order valence-corrected chi connectivity index (χ4v) is 2.60. The zero-order chi connectivity index (χ0) is 15.9. The lowest BCUT2D eigenvalue weighted by molar-refractivity contribution is 0.275. The first-order valence-corrected chi connectivity index (χ1v) is 7.05. The van der Waals surface area contributed by atoms with Crippen molar-refractivity contribution in [2.75, 3.05) is 0 Å². The fraction of sp³-hybridized carbons (Fsp3) is 0.200. The summed E-state index contributed by atoms with van der Waals surface area (Å²) in [5.74, 6) is 0.753. The van der Waals surface area contributed by atoms with E-state index in [1.165, 1.54) is 6.07 Å². The number of fused-ring (bicyclic) bond motifs is 1. The Bertz CT molecular complexity index is 804. The van der Waals surface area contributed by atoms with Crippen molar-refractivity contribution < 1.29 is 14.4 Å². The van der Waals surface area contributed by atoms with Crippen molar-refractivity contribution in [1.82, 2.24) is 4.98 Å². The van der Waals surface area contributed by atoms with Gasteiger partial charge in [-0.1, -0.05) is 11.6 Å². The normalized spacial score (nSPS) is 13.0. The predicted molar refractivity (Wildman–Crippen MR) is 82.3 cm³/mol. The molecule has 0 spiro atoms. The molecule has 0 amide bonds. The molecule has 1 aromatic heterocycles. The van der Waals surface area contributed by atoms with Gasteiger partial charge < -0.3 is 14.4 Å². The Hall–Kier alpha value is -2.07. The molecule has 7 heteroatoms. The van der Waals surface area contributed by atoms with Crippen molar-refractivity contribution in [3.05, 3.63) is 45.6 Å². The average Bonchev–Trinajstić information content (AvgIpc) is 2.84. The molecule has 1 aliphatic heterocycles. The van der Waals surface area contributed by atoms with E-state index in [9.17, 15) is 10.3 Å². The van der Waals surface area contributed by atoms with Gasteiger partial charge in [-0.3, -0.25) is 0 Å². The second-order valence-electron chi connectivity index (χ2n) is 5.10. The van der Waals surface area contributed by atoms with Gasteiger partial charge in [-0.2, -0.15) is 5.26 Å². The monoisotopic (exact) mass is 314 g/mol. The van der Waals surface area contributed by atoms with Crippen LogP contribution in [0, 0.1) is 25.2 Å². The molecule has 22 heavy (non-hydrogen) atoms. The third-order valence-corrected chi connectivity index (χ3v) is 3.92. The largest absolute Gasteiger partial charge is 0.492 e. The number of aryl methyl sites for hydroxylation is 2. The molecule has 0 bridgehead atoms. The van der Waals surface area contributed by atoms with Crippen molar-refractivity contribution in [2.24, 2.45) is 0 Å². The molecule has 1 N–H and O–H groups in total. The number of ether oxygens (including phenoxy) is 1. The molecule has 0 aliphatic carbocycles. The topological polar surface area (TPSA) is 75.4 Å². The van der Waals surface area contributed by atoms with Crippen LogP contribution in [-0.2, 0) is 11.3 Å². The maximum Gasteiger partial charge on any atom is 0.492 e. The van der Waals surface area contributed by atoms with E-state index >= 15 is 0 Å². The zero-order valence-corrected chi connectivity index (χ0v) is 12.8. The van der Waals surface area contributed by atoms with Crippen molar-refractivity contribution in [3.8, 4) is 17.7 Å². The van der Waals surface area contributed by atoms with Gasteiger partial charge in [0.25, 0.3) is 0 Å². The number of halogens is 1. The van der Waals surface area contributed by atoms with Crippen molar-refractivity contribution in [2.45, 2.75) is 20.5 Å². The Balaban J connectivity index is 2.00. The first kappa shape index (κ1) is 14.9. The predicted octanol–water partition coefficient (Wildman–Crippen LogP) is 2.23. The summed E-state index contributed by atoms with van der Waals surface area (Å²) in [6.45, 7) is 3.94. The van der Waals surface area contributed by atoms with E-state index in [2.05, 4.69) is 4.98 Å². The van der Waals surface area contributed by atoms with Crippen molar-refractivity contribution >= 4 is 24.2 Å². The maximum absolute atomic E-state index is 9.76. The second-order valence-corrected chi connectivity index (χ2v) is 5.51. The molecule has 0 unspecified atom stereocenters. The van der Waals surface area contributed by atoms with Crippen LogP contribution in [0.3, 0.4) is 0 Å². The molecule has 2 aromatic rings. The average molecular weight is 315 g/mol. The number of hydrogen-bond donors (Lipinski definition) is 1. The molecule has 2 heterocycles. The lowest BCUT2D eigenvalue weighted by atomic mass is 9.76. The highest BCUT2D eigenvalue weighted by Crippen LogP contribution is 2.29. The molecule has 1 aromatic carbocycles. The summed E-state index contributed by atoms with van der Waals surface area (Å²) >= 11 is 5.97. The Morgan fingerprint density at radius 3 is 2.91 bits per heavy atom. The number of rotatable bonds is 2. The molecule has 0 atom stereocenters. The van der Waals surface area contributed by atoms with Gasteiger partial charge in [-0.15, -0.1) is 0 Å². The van der Waals surface area contributed by atoms with E-state index in [4.69, 9.17) is 21.0 Å². The molecule has 0 saturated carbocycles. The van der Waals surface area contributed by atoms with Crippen LogP contribution < -0.4 is 10.2 Å². The summed E-state index contributed by atoms with van der Waals surface area (Å²) in [5.41, 5.74) is 3.36. The SMILES string of the molecule is Cc1cc(Oc2nc(C)c(Cl)cc2C#N)cc2c1B(O)OC2. The van der Waals surface area contributed by atoms with Crippen LogP contribution in [0.1, 0.15) is 22.4 Å². The van der Waals surface area contributed by atoms with E-state index in [0.29, 0.717) is 23.1 Å². The van der Waals surface area contributed by atoms with Gasteiger partial charge in [0.2, 0.25) is 5.88 Å². The van der Waals surface area contributed by atoms with E-state index in [1.807, 2.05) is 13.0 Å². The summed E-state index contributed by atoms with van der Waals surface area (Å²) in [5, 5.41) is 19.4. The molecule has 0 saturated heterocycles. The highest BCUT2D eigenvalue weighted by Gasteiger charge is 2.29. The number of benzene rings is 1. The molecular weight excluding hydrogens is 302 g/mol. The zero-order valence-electron chi connectivity index (χ0n) is 12.1. The quantitative estimate of drug-likeness (QED) is 0.860. The van der Waals surface area contributed by atoms with Gasteiger partial charge in [0.05, 0.1) is 17.3 Å². The van der Waals surface area contributed by atoms with Crippen LogP contribution in [0.15, 0.2) is 18.2 Å². The first-order valence-electron chi connectivity index (χ1n) is 6.67. The number of aromatic nitrogens is 1. The molecule has 0 radical (unpaired) electrons.